The van der Waals surface area contributed by atoms with E-state index in [4.69, 9.17) is 9.47 Å². The molecule has 160 valence electrons. The maximum Gasteiger partial charge on any atom is 0.407 e. The molecule has 1 amide bonds. The number of fused-ring (bicyclic) bond motifs is 2. The number of carbonyl (C=O) groups excluding carboxylic acids is 1. The van der Waals surface area contributed by atoms with Crippen LogP contribution >= 0.6 is 0 Å². The van der Waals surface area contributed by atoms with Crippen molar-refractivity contribution < 1.29 is 14.3 Å². The molecule has 2 bridgehead atoms. The lowest BCUT2D eigenvalue weighted by atomic mass is 9.56. The van der Waals surface area contributed by atoms with Gasteiger partial charge in [-0.05, 0) is 43.6 Å². The highest BCUT2D eigenvalue weighted by Crippen LogP contribution is 2.53. The van der Waals surface area contributed by atoms with Gasteiger partial charge in [-0.1, -0.05) is 69.2 Å². The minimum atomic E-state index is -0.304. The largest absolute Gasteiger partial charge is 0.449 e. The van der Waals surface area contributed by atoms with E-state index in [1.54, 1.807) is 0 Å². The molecule has 1 aliphatic carbocycles. The Morgan fingerprint density at radius 2 is 2.03 bits per heavy atom. The number of ether oxygens (including phenoxy) is 2. The predicted octanol–water partition coefficient (Wildman–Crippen LogP) is 5.38. The first-order valence-electron chi connectivity index (χ1n) is 11.2. The minimum Gasteiger partial charge on any atom is -0.449 e. The first-order valence-corrected chi connectivity index (χ1v) is 11.2. The van der Waals surface area contributed by atoms with Crippen molar-refractivity contribution in [1.82, 2.24) is 5.32 Å². The van der Waals surface area contributed by atoms with Crippen LogP contribution < -0.4 is 5.32 Å². The Morgan fingerprint density at radius 3 is 2.76 bits per heavy atom. The van der Waals surface area contributed by atoms with E-state index in [9.17, 15) is 4.79 Å². The normalized spacial score (nSPS) is 31.1. The summed E-state index contributed by atoms with van der Waals surface area (Å²) >= 11 is 0. The van der Waals surface area contributed by atoms with Gasteiger partial charge in [0.05, 0.1) is 12.7 Å². The number of benzene rings is 1. The first-order chi connectivity index (χ1) is 14.0. The van der Waals surface area contributed by atoms with Crippen molar-refractivity contribution in [1.29, 1.82) is 0 Å². The fourth-order valence-corrected chi connectivity index (χ4v) is 5.22. The fraction of sp³-hybridized carbons (Fsp3) is 0.640. The Bertz CT molecular complexity index is 701. The summed E-state index contributed by atoms with van der Waals surface area (Å²) in [5.41, 5.74) is 2.64. The topological polar surface area (TPSA) is 47.6 Å². The Kier molecular flexibility index (Phi) is 7.39. The van der Waals surface area contributed by atoms with Crippen LogP contribution in [0, 0.1) is 23.2 Å². The molecule has 1 aromatic rings. The molecule has 1 aromatic carbocycles. The molecular formula is C25H37NO3. The number of aryl methyl sites for hydroxylation is 1. The number of alkyl carbamates (subject to hydrolysis) is 1. The van der Waals surface area contributed by atoms with Crippen molar-refractivity contribution in [3.63, 3.8) is 0 Å². The van der Waals surface area contributed by atoms with Gasteiger partial charge in [-0.3, -0.25) is 0 Å². The second kappa shape index (κ2) is 9.80. The summed E-state index contributed by atoms with van der Waals surface area (Å²) < 4.78 is 12.1. The van der Waals surface area contributed by atoms with Gasteiger partial charge in [-0.15, -0.1) is 0 Å². The van der Waals surface area contributed by atoms with Gasteiger partial charge >= 0.3 is 6.09 Å². The van der Waals surface area contributed by atoms with Crippen LogP contribution in [0.25, 0.3) is 0 Å². The molecule has 1 fully saturated rings. The zero-order valence-electron chi connectivity index (χ0n) is 18.4. The van der Waals surface area contributed by atoms with Crippen LogP contribution in [0.3, 0.4) is 0 Å². The SMILES string of the molecule is CCCCNC(=O)OC[C@]12CO[C@H](CCc3ccccc3)[C@@H](C(C)=C[C@H]1C)[C@H]2C. The monoisotopic (exact) mass is 399 g/mol. The van der Waals surface area contributed by atoms with Crippen molar-refractivity contribution in [2.45, 2.75) is 59.5 Å². The van der Waals surface area contributed by atoms with Crippen molar-refractivity contribution >= 4 is 6.09 Å². The third-order valence-electron chi connectivity index (χ3n) is 7.19. The number of nitrogens with one attached hydrogen (secondary N) is 1. The molecule has 1 heterocycles. The third-order valence-corrected chi connectivity index (χ3v) is 7.19. The zero-order valence-corrected chi connectivity index (χ0v) is 18.4. The van der Waals surface area contributed by atoms with Gasteiger partial charge in [-0.25, -0.2) is 4.79 Å². The molecule has 29 heavy (non-hydrogen) atoms. The van der Waals surface area contributed by atoms with E-state index >= 15 is 0 Å². The summed E-state index contributed by atoms with van der Waals surface area (Å²) in [6.07, 6.45) is 6.39. The second-order valence-electron chi connectivity index (χ2n) is 8.98. The van der Waals surface area contributed by atoms with Crippen LogP contribution in [-0.2, 0) is 15.9 Å². The van der Waals surface area contributed by atoms with Crippen molar-refractivity contribution in [2.24, 2.45) is 23.2 Å². The van der Waals surface area contributed by atoms with Crippen molar-refractivity contribution in [2.75, 3.05) is 19.8 Å². The highest BCUT2D eigenvalue weighted by molar-refractivity contribution is 5.67. The van der Waals surface area contributed by atoms with Crippen molar-refractivity contribution in [3.05, 3.63) is 47.5 Å². The molecule has 4 heteroatoms. The Balaban J connectivity index is 1.65. The fourth-order valence-electron chi connectivity index (χ4n) is 5.22. The summed E-state index contributed by atoms with van der Waals surface area (Å²) in [4.78, 5) is 12.1. The van der Waals surface area contributed by atoms with E-state index in [0.717, 1.165) is 25.7 Å². The summed E-state index contributed by atoms with van der Waals surface area (Å²) in [6, 6.07) is 10.6. The third kappa shape index (κ3) is 4.85. The van der Waals surface area contributed by atoms with Crippen LogP contribution in [0.2, 0.25) is 0 Å². The van der Waals surface area contributed by atoms with Crippen LogP contribution in [0.1, 0.15) is 52.5 Å². The van der Waals surface area contributed by atoms with Gasteiger partial charge in [0.1, 0.15) is 6.61 Å². The summed E-state index contributed by atoms with van der Waals surface area (Å²) in [5, 5.41) is 2.86. The molecule has 1 N–H and O–H groups in total. The van der Waals surface area contributed by atoms with E-state index in [1.807, 2.05) is 0 Å². The summed E-state index contributed by atoms with van der Waals surface area (Å²) in [7, 11) is 0. The summed E-state index contributed by atoms with van der Waals surface area (Å²) in [5.74, 6) is 1.13. The van der Waals surface area contributed by atoms with E-state index < -0.39 is 0 Å². The van der Waals surface area contributed by atoms with E-state index in [1.165, 1.54) is 11.1 Å². The molecule has 0 unspecified atom stereocenters. The lowest BCUT2D eigenvalue weighted by Crippen LogP contribution is -2.57. The molecule has 0 aromatic heterocycles. The molecule has 0 radical (unpaired) electrons. The van der Waals surface area contributed by atoms with Crippen molar-refractivity contribution in [3.8, 4) is 0 Å². The van der Waals surface area contributed by atoms with Crippen LogP contribution in [-0.4, -0.2) is 32.0 Å². The zero-order chi connectivity index (χ0) is 20.9. The standard InChI is InChI=1S/C25H37NO3/c1-5-6-14-26-24(27)29-17-25-16-28-22(13-12-21-10-8-7-9-11-21)23(20(25)4)18(2)15-19(25)3/h7-11,15,19-20,22-23H,5-6,12-14,16-17H2,1-4H3,(H,26,27)/t19-,20-,22-,23+,25-/m1/s1. The lowest BCUT2D eigenvalue weighted by Gasteiger charge is -2.55. The van der Waals surface area contributed by atoms with Crippen LogP contribution in [0.5, 0.6) is 0 Å². The lowest BCUT2D eigenvalue weighted by molar-refractivity contribution is -0.164. The highest BCUT2D eigenvalue weighted by atomic mass is 16.6. The molecule has 5 atom stereocenters. The maximum absolute atomic E-state index is 12.1. The Labute approximate surface area is 176 Å². The minimum absolute atomic E-state index is 0.143. The predicted molar refractivity (Wildman–Crippen MR) is 117 cm³/mol. The quantitative estimate of drug-likeness (QED) is 0.472. The molecule has 1 saturated heterocycles. The van der Waals surface area contributed by atoms with Crippen LogP contribution in [0.15, 0.2) is 42.0 Å². The first kappa shape index (κ1) is 21.9. The van der Waals surface area contributed by atoms with Gasteiger partial charge < -0.3 is 14.8 Å². The van der Waals surface area contributed by atoms with Gasteiger partial charge in [-0.2, -0.15) is 0 Å². The molecule has 1 aliphatic heterocycles. The number of amides is 1. The van der Waals surface area contributed by atoms with E-state index in [2.05, 4.69) is 69.4 Å². The maximum atomic E-state index is 12.1. The van der Waals surface area contributed by atoms with Gasteiger partial charge in [0.15, 0.2) is 0 Å². The smallest absolute Gasteiger partial charge is 0.407 e. The van der Waals surface area contributed by atoms with Gasteiger partial charge in [0, 0.05) is 17.9 Å². The number of allylic oxidation sites excluding steroid dienone is 1. The Morgan fingerprint density at radius 1 is 1.28 bits per heavy atom. The number of hydrogen-bond acceptors (Lipinski definition) is 3. The second-order valence-corrected chi connectivity index (χ2v) is 8.98. The average molecular weight is 400 g/mol. The number of rotatable bonds is 8. The number of hydrogen-bond donors (Lipinski definition) is 1. The van der Waals surface area contributed by atoms with E-state index in [0.29, 0.717) is 37.5 Å². The summed E-state index contributed by atoms with van der Waals surface area (Å²) in [6.45, 7) is 10.7. The molecule has 2 aliphatic rings. The molecule has 0 spiro atoms. The van der Waals surface area contributed by atoms with Gasteiger partial charge in [0.25, 0.3) is 0 Å². The average Bonchev–Trinajstić information content (AvgIpc) is 2.71. The Hall–Kier alpha value is -1.81. The molecule has 4 nitrogen and oxygen atoms in total. The molecular weight excluding hydrogens is 362 g/mol. The molecule has 3 rings (SSSR count). The van der Waals surface area contributed by atoms with Gasteiger partial charge in [0.2, 0.25) is 0 Å². The highest BCUT2D eigenvalue weighted by Gasteiger charge is 2.53. The number of unbranched alkanes of at least 4 members (excludes halogenated alkanes) is 1. The van der Waals surface area contributed by atoms with Crippen LogP contribution in [0.4, 0.5) is 4.79 Å². The van der Waals surface area contributed by atoms with E-state index in [-0.39, 0.29) is 17.6 Å². The molecule has 0 saturated carbocycles. The number of carbonyl (C=O) groups is 1.